The van der Waals surface area contributed by atoms with Crippen LogP contribution in [-0.2, 0) is 4.57 Å². The minimum Gasteiger partial charge on any atom is -0.330 e. The Labute approximate surface area is 107 Å². The van der Waals surface area contributed by atoms with E-state index in [0.29, 0.717) is 5.66 Å². The molecule has 0 unspecified atom stereocenters. The smallest absolute Gasteiger partial charge is 0.0901 e. The van der Waals surface area contributed by atoms with Crippen LogP contribution in [0.25, 0.3) is 0 Å². The lowest BCUT2D eigenvalue weighted by molar-refractivity contribution is 0.560. The van der Waals surface area contributed by atoms with Crippen LogP contribution in [0.3, 0.4) is 0 Å². The SMILES string of the molecule is CC(C)P(=O)(CCCCCN)CCCCCN. The Balaban J connectivity index is 3.95. The Kier molecular flexibility index (Phi) is 10.2. The fourth-order valence-electron chi connectivity index (χ4n) is 2.03. The molecule has 0 aromatic heterocycles. The number of hydrogen-bond donors (Lipinski definition) is 2. The fraction of sp³-hybridized carbons (Fsp3) is 1.00. The molecule has 0 aliphatic heterocycles. The lowest BCUT2D eigenvalue weighted by Gasteiger charge is -2.22. The fourth-order valence-corrected chi connectivity index (χ4v) is 4.80. The topological polar surface area (TPSA) is 69.1 Å². The van der Waals surface area contributed by atoms with E-state index in [2.05, 4.69) is 13.8 Å². The normalized spacial score (nSPS) is 12.3. The summed E-state index contributed by atoms with van der Waals surface area (Å²) in [5, 5.41) is 0. The molecule has 4 N–H and O–H groups in total. The zero-order valence-electron chi connectivity index (χ0n) is 11.7. The number of rotatable bonds is 11. The molecular weight excluding hydrogens is 231 g/mol. The Bertz CT molecular complexity index is 203. The third kappa shape index (κ3) is 7.96. The number of hydrogen-bond acceptors (Lipinski definition) is 3. The molecule has 0 aromatic carbocycles. The lowest BCUT2D eigenvalue weighted by Crippen LogP contribution is -2.08. The number of nitrogens with two attached hydrogens (primary N) is 2. The van der Waals surface area contributed by atoms with Gasteiger partial charge in [0.05, 0.1) is 7.14 Å². The highest BCUT2D eigenvalue weighted by Crippen LogP contribution is 2.52. The van der Waals surface area contributed by atoms with Crippen molar-refractivity contribution in [2.24, 2.45) is 11.5 Å². The average Bonchev–Trinajstić information content (AvgIpc) is 2.30. The van der Waals surface area contributed by atoms with Crippen LogP contribution in [0.15, 0.2) is 0 Å². The van der Waals surface area contributed by atoms with Gasteiger partial charge in [0, 0.05) is 18.0 Å². The second-order valence-electron chi connectivity index (χ2n) is 5.19. The first-order valence-electron chi connectivity index (χ1n) is 7.04. The van der Waals surface area contributed by atoms with Crippen molar-refractivity contribution in [1.29, 1.82) is 0 Å². The first-order valence-corrected chi connectivity index (χ1v) is 9.19. The molecule has 0 rings (SSSR count). The Morgan fingerprint density at radius 1 is 0.824 bits per heavy atom. The van der Waals surface area contributed by atoms with Gasteiger partial charge in [-0.15, -0.1) is 0 Å². The van der Waals surface area contributed by atoms with E-state index < -0.39 is 7.14 Å². The van der Waals surface area contributed by atoms with Crippen LogP contribution in [0.4, 0.5) is 0 Å². The van der Waals surface area contributed by atoms with E-state index in [0.717, 1.165) is 63.9 Å². The van der Waals surface area contributed by atoms with Crippen LogP contribution in [0, 0.1) is 0 Å². The average molecular weight is 262 g/mol. The molecule has 0 radical (unpaired) electrons. The molecule has 0 atom stereocenters. The van der Waals surface area contributed by atoms with E-state index in [4.69, 9.17) is 11.5 Å². The molecule has 0 aliphatic carbocycles. The molecule has 3 nitrogen and oxygen atoms in total. The van der Waals surface area contributed by atoms with Gasteiger partial charge >= 0.3 is 0 Å². The van der Waals surface area contributed by atoms with Gasteiger partial charge in [-0.3, -0.25) is 0 Å². The van der Waals surface area contributed by atoms with Crippen LogP contribution in [0.1, 0.15) is 52.4 Å². The van der Waals surface area contributed by atoms with E-state index >= 15 is 0 Å². The summed E-state index contributed by atoms with van der Waals surface area (Å²) in [4.78, 5) is 0. The summed E-state index contributed by atoms with van der Waals surface area (Å²) in [7, 11) is -1.95. The molecule has 0 bridgehead atoms. The second-order valence-corrected chi connectivity index (χ2v) is 9.02. The van der Waals surface area contributed by atoms with Gasteiger partial charge < -0.3 is 16.0 Å². The summed E-state index contributed by atoms with van der Waals surface area (Å²) in [6.07, 6.45) is 8.33. The van der Waals surface area contributed by atoms with Gasteiger partial charge in [-0.05, 0) is 38.8 Å². The zero-order valence-corrected chi connectivity index (χ0v) is 12.6. The summed E-state index contributed by atoms with van der Waals surface area (Å²) >= 11 is 0. The van der Waals surface area contributed by atoms with Gasteiger partial charge in [0.1, 0.15) is 0 Å². The molecule has 0 saturated heterocycles. The third-order valence-corrected chi connectivity index (χ3v) is 7.45. The maximum absolute atomic E-state index is 12.8. The maximum atomic E-state index is 12.8. The highest BCUT2D eigenvalue weighted by molar-refractivity contribution is 7.64. The summed E-state index contributed by atoms with van der Waals surface area (Å²) in [5.41, 5.74) is 11.3. The van der Waals surface area contributed by atoms with Crippen LogP contribution >= 0.6 is 7.14 Å². The molecule has 17 heavy (non-hydrogen) atoms. The largest absolute Gasteiger partial charge is 0.330 e. The zero-order chi connectivity index (χ0) is 13.1. The molecule has 0 heterocycles. The highest BCUT2D eigenvalue weighted by atomic mass is 31.2. The molecule has 0 aromatic rings. The monoisotopic (exact) mass is 262 g/mol. The van der Waals surface area contributed by atoms with Gasteiger partial charge in [-0.25, -0.2) is 0 Å². The molecule has 0 saturated carbocycles. The van der Waals surface area contributed by atoms with Crippen molar-refractivity contribution in [2.45, 2.75) is 58.0 Å². The first kappa shape index (κ1) is 17.2. The standard InChI is InChI=1S/C13H31N2OP/c1-13(2)17(16,11-7-3-5-9-14)12-8-4-6-10-15/h13H,3-12,14-15H2,1-2H3. The summed E-state index contributed by atoms with van der Waals surface area (Å²) < 4.78 is 12.8. The molecule has 0 amide bonds. The Hall–Kier alpha value is 0.150. The molecular formula is C13H31N2OP. The minimum absolute atomic E-state index is 0.332. The van der Waals surface area contributed by atoms with Crippen molar-refractivity contribution in [3.05, 3.63) is 0 Å². The van der Waals surface area contributed by atoms with Crippen molar-refractivity contribution in [3.8, 4) is 0 Å². The number of unbranched alkanes of at least 4 members (excludes halogenated alkanes) is 4. The maximum Gasteiger partial charge on any atom is 0.0901 e. The Morgan fingerprint density at radius 3 is 1.53 bits per heavy atom. The minimum atomic E-state index is -1.95. The highest BCUT2D eigenvalue weighted by Gasteiger charge is 2.24. The van der Waals surface area contributed by atoms with Crippen molar-refractivity contribution >= 4 is 7.14 Å². The van der Waals surface area contributed by atoms with Gasteiger partial charge in [0.25, 0.3) is 0 Å². The van der Waals surface area contributed by atoms with Gasteiger partial charge in [0.2, 0.25) is 0 Å². The van der Waals surface area contributed by atoms with Crippen LogP contribution in [0.2, 0.25) is 0 Å². The molecule has 104 valence electrons. The second kappa shape index (κ2) is 10.1. The van der Waals surface area contributed by atoms with Crippen LogP contribution in [-0.4, -0.2) is 31.1 Å². The van der Waals surface area contributed by atoms with Gasteiger partial charge in [0.15, 0.2) is 0 Å². The van der Waals surface area contributed by atoms with E-state index in [1.165, 1.54) is 0 Å². The van der Waals surface area contributed by atoms with E-state index in [1.54, 1.807) is 0 Å². The molecule has 0 aliphatic rings. The van der Waals surface area contributed by atoms with Gasteiger partial charge in [-0.2, -0.15) is 0 Å². The van der Waals surface area contributed by atoms with Crippen molar-refractivity contribution in [1.82, 2.24) is 0 Å². The quantitative estimate of drug-likeness (QED) is 0.444. The van der Waals surface area contributed by atoms with E-state index in [9.17, 15) is 4.57 Å². The van der Waals surface area contributed by atoms with Crippen LogP contribution < -0.4 is 11.5 Å². The van der Waals surface area contributed by atoms with Crippen molar-refractivity contribution in [3.63, 3.8) is 0 Å². The van der Waals surface area contributed by atoms with Crippen LogP contribution in [0.5, 0.6) is 0 Å². The lowest BCUT2D eigenvalue weighted by atomic mass is 10.2. The Morgan fingerprint density at radius 2 is 1.24 bits per heavy atom. The molecule has 4 heteroatoms. The summed E-state index contributed by atoms with van der Waals surface area (Å²) in [6, 6.07) is 0. The summed E-state index contributed by atoms with van der Waals surface area (Å²) in [6.45, 7) is 5.71. The van der Waals surface area contributed by atoms with E-state index in [-0.39, 0.29) is 0 Å². The molecule has 0 spiro atoms. The van der Waals surface area contributed by atoms with Gasteiger partial charge in [-0.1, -0.05) is 26.7 Å². The molecule has 0 fully saturated rings. The van der Waals surface area contributed by atoms with Crippen molar-refractivity contribution in [2.75, 3.05) is 25.4 Å². The predicted molar refractivity (Wildman–Crippen MR) is 78.3 cm³/mol. The summed E-state index contributed by atoms with van der Waals surface area (Å²) in [5.74, 6) is 0. The predicted octanol–water partition coefficient (Wildman–Crippen LogP) is 3.02. The first-order chi connectivity index (χ1) is 8.06. The van der Waals surface area contributed by atoms with Crippen molar-refractivity contribution < 1.29 is 4.57 Å². The van der Waals surface area contributed by atoms with E-state index in [1.807, 2.05) is 0 Å². The third-order valence-electron chi connectivity index (χ3n) is 3.42.